The van der Waals surface area contributed by atoms with Gasteiger partial charge in [0.25, 0.3) is 0 Å². The standard InChI is InChI=1S/C12H16N8/c1-8(2)20-7-17-19-10(20)3-4-15-12-16-6-9(5-13)11(14)18-12/h6-8H,3-4H2,1-2H3,(H3,14,15,16,18). The van der Waals surface area contributed by atoms with Crippen molar-refractivity contribution in [2.45, 2.75) is 26.3 Å². The molecule has 2 aromatic rings. The highest BCUT2D eigenvalue weighted by Gasteiger charge is 2.07. The van der Waals surface area contributed by atoms with Crippen LogP contribution in [-0.4, -0.2) is 31.3 Å². The van der Waals surface area contributed by atoms with Gasteiger partial charge < -0.3 is 15.6 Å². The second kappa shape index (κ2) is 5.97. The maximum atomic E-state index is 8.74. The SMILES string of the molecule is CC(C)n1cnnc1CCNc1ncc(C#N)c(N)n1. The van der Waals surface area contributed by atoms with E-state index in [4.69, 9.17) is 11.0 Å². The highest BCUT2D eigenvalue weighted by Crippen LogP contribution is 2.09. The smallest absolute Gasteiger partial charge is 0.224 e. The van der Waals surface area contributed by atoms with Crippen molar-refractivity contribution in [1.29, 1.82) is 5.26 Å². The van der Waals surface area contributed by atoms with Crippen molar-refractivity contribution < 1.29 is 0 Å². The molecule has 0 aliphatic carbocycles. The van der Waals surface area contributed by atoms with Crippen molar-refractivity contribution in [2.75, 3.05) is 17.6 Å². The fraction of sp³-hybridized carbons (Fsp3) is 0.417. The monoisotopic (exact) mass is 272 g/mol. The second-order valence-corrected chi connectivity index (χ2v) is 4.53. The molecule has 0 bridgehead atoms. The minimum Gasteiger partial charge on any atom is -0.382 e. The predicted octanol–water partition coefficient (Wildman–Crippen LogP) is 0.757. The van der Waals surface area contributed by atoms with Crippen LogP contribution in [0.4, 0.5) is 11.8 Å². The highest BCUT2D eigenvalue weighted by atomic mass is 15.3. The van der Waals surface area contributed by atoms with Gasteiger partial charge in [0.2, 0.25) is 5.95 Å². The molecule has 0 saturated heterocycles. The molecule has 104 valence electrons. The third-order valence-corrected chi connectivity index (χ3v) is 2.77. The van der Waals surface area contributed by atoms with Crippen molar-refractivity contribution >= 4 is 11.8 Å². The zero-order valence-electron chi connectivity index (χ0n) is 11.4. The zero-order valence-corrected chi connectivity index (χ0v) is 11.4. The van der Waals surface area contributed by atoms with Crippen LogP contribution in [0.25, 0.3) is 0 Å². The topological polar surface area (TPSA) is 118 Å². The van der Waals surface area contributed by atoms with E-state index in [1.54, 1.807) is 6.33 Å². The van der Waals surface area contributed by atoms with Crippen LogP contribution in [0.3, 0.4) is 0 Å². The van der Waals surface area contributed by atoms with Crippen LogP contribution in [0.5, 0.6) is 0 Å². The molecule has 2 rings (SSSR count). The molecule has 0 aliphatic rings. The van der Waals surface area contributed by atoms with Crippen LogP contribution in [-0.2, 0) is 6.42 Å². The fourth-order valence-electron chi connectivity index (χ4n) is 1.73. The van der Waals surface area contributed by atoms with Gasteiger partial charge >= 0.3 is 0 Å². The minimum absolute atomic E-state index is 0.176. The van der Waals surface area contributed by atoms with E-state index in [-0.39, 0.29) is 11.4 Å². The molecular weight excluding hydrogens is 256 g/mol. The van der Waals surface area contributed by atoms with E-state index in [0.717, 1.165) is 5.82 Å². The molecular formula is C12H16N8. The van der Waals surface area contributed by atoms with E-state index in [9.17, 15) is 0 Å². The maximum Gasteiger partial charge on any atom is 0.224 e. The van der Waals surface area contributed by atoms with Crippen molar-refractivity contribution in [3.05, 3.63) is 23.9 Å². The lowest BCUT2D eigenvalue weighted by atomic mass is 10.3. The van der Waals surface area contributed by atoms with E-state index in [0.29, 0.717) is 25.0 Å². The molecule has 0 aromatic carbocycles. The molecule has 8 nitrogen and oxygen atoms in total. The number of nitriles is 1. The van der Waals surface area contributed by atoms with Crippen molar-refractivity contribution in [3.8, 4) is 6.07 Å². The number of aromatic nitrogens is 5. The number of hydrogen-bond donors (Lipinski definition) is 2. The van der Waals surface area contributed by atoms with Gasteiger partial charge in [0.1, 0.15) is 29.6 Å². The minimum atomic E-state index is 0.176. The third-order valence-electron chi connectivity index (χ3n) is 2.77. The Hall–Kier alpha value is -2.69. The number of anilines is 2. The Bertz CT molecular complexity index is 625. The van der Waals surface area contributed by atoms with Crippen LogP contribution in [0.1, 0.15) is 31.3 Å². The first-order valence-electron chi connectivity index (χ1n) is 6.26. The van der Waals surface area contributed by atoms with Gasteiger partial charge in [-0.1, -0.05) is 0 Å². The molecule has 0 radical (unpaired) electrons. The first-order valence-corrected chi connectivity index (χ1v) is 6.26. The molecule has 0 amide bonds. The summed E-state index contributed by atoms with van der Waals surface area (Å²) in [6.07, 6.45) is 3.82. The molecule has 20 heavy (non-hydrogen) atoms. The van der Waals surface area contributed by atoms with Crippen LogP contribution in [0, 0.1) is 11.3 Å². The lowest BCUT2D eigenvalue weighted by Crippen LogP contribution is -2.13. The Morgan fingerprint density at radius 2 is 2.30 bits per heavy atom. The van der Waals surface area contributed by atoms with Gasteiger partial charge in [-0.15, -0.1) is 10.2 Å². The van der Waals surface area contributed by atoms with E-state index in [1.165, 1.54) is 6.20 Å². The van der Waals surface area contributed by atoms with E-state index >= 15 is 0 Å². The molecule has 2 heterocycles. The Kier molecular flexibility index (Phi) is 4.10. The summed E-state index contributed by atoms with van der Waals surface area (Å²) in [5.74, 6) is 1.47. The van der Waals surface area contributed by atoms with E-state index in [1.807, 2.05) is 10.6 Å². The molecule has 8 heteroatoms. The molecule has 0 unspecified atom stereocenters. The molecule has 3 N–H and O–H groups in total. The molecule has 0 fully saturated rings. The first-order chi connectivity index (χ1) is 9.61. The first kappa shape index (κ1) is 13.7. The molecule has 0 atom stereocenters. The Morgan fingerprint density at radius 1 is 1.50 bits per heavy atom. The second-order valence-electron chi connectivity index (χ2n) is 4.53. The normalized spacial score (nSPS) is 10.5. The lowest BCUT2D eigenvalue weighted by molar-refractivity contribution is 0.568. The Balaban J connectivity index is 1.95. The average molecular weight is 272 g/mol. The molecule has 0 saturated carbocycles. The highest BCUT2D eigenvalue weighted by molar-refractivity contribution is 5.49. The maximum absolute atomic E-state index is 8.74. The van der Waals surface area contributed by atoms with Crippen molar-refractivity contribution in [3.63, 3.8) is 0 Å². The van der Waals surface area contributed by atoms with Gasteiger partial charge in [0.15, 0.2) is 0 Å². The summed E-state index contributed by atoms with van der Waals surface area (Å²) < 4.78 is 2.01. The summed E-state index contributed by atoms with van der Waals surface area (Å²) >= 11 is 0. The summed E-state index contributed by atoms with van der Waals surface area (Å²) in [7, 11) is 0. The Labute approximate surface area is 116 Å². The lowest BCUT2D eigenvalue weighted by Gasteiger charge is -2.10. The van der Waals surface area contributed by atoms with Gasteiger partial charge in [0.05, 0.1) is 6.20 Å². The number of rotatable bonds is 5. The number of nitrogens with zero attached hydrogens (tertiary/aromatic N) is 6. The van der Waals surface area contributed by atoms with Crippen LogP contribution >= 0.6 is 0 Å². The molecule has 0 spiro atoms. The van der Waals surface area contributed by atoms with E-state index in [2.05, 4.69) is 39.3 Å². The zero-order chi connectivity index (χ0) is 14.5. The van der Waals surface area contributed by atoms with Gasteiger partial charge in [-0.25, -0.2) is 4.98 Å². The van der Waals surface area contributed by atoms with Crippen molar-refractivity contribution in [1.82, 2.24) is 24.7 Å². The predicted molar refractivity (Wildman–Crippen MR) is 73.8 cm³/mol. The molecule has 2 aromatic heterocycles. The van der Waals surface area contributed by atoms with Gasteiger partial charge in [-0.3, -0.25) is 0 Å². The van der Waals surface area contributed by atoms with E-state index < -0.39 is 0 Å². The third kappa shape index (κ3) is 3.00. The number of nitrogen functional groups attached to an aromatic ring is 1. The van der Waals surface area contributed by atoms with Gasteiger partial charge in [0, 0.05) is 19.0 Å². The van der Waals surface area contributed by atoms with Gasteiger partial charge in [-0.2, -0.15) is 10.2 Å². The quantitative estimate of drug-likeness (QED) is 0.824. The summed E-state index contributed by atoms with van der Waals surface area (Å²) in [5.41, 5.74) is 5.90. The summed E-state index contributed by atoms with van der Waals surface area (Å²) in [5, 5.41) is 19.8. The van der Waals surface area contributed by atoms with Crippen LogP contribution < -0.4 is 11.1 Å². The fourth-order valence-corrected chi connectivity index (χ4v) is 1.73. The van der Waals surface area contributed by atoms with Crippen LogP contribution in [0.15, 0.2) is 12.5 Å². The van der Waals surface area contributed by atoms with Crippen molar-refractivity contribution in [2.24, 2.45) is 0 Å². The number of hydrogen-bond acceptors (Lipinski definition) is 7. The number of nitrogens with one attached hydrogen (secondary N) is 1. The summed E-state index contributed by atoms with van der Waals surface area (Å²) in [6, 6.07) is 2.24. The van der Waals surface area contributed by atoms with Crippen LogP contribution in [0.2, 0.25) is 0 Å². The van der Waals surface area contributed by atoms with Gasteiger partial charge in [-0.05, 0) is 13.8 Å². The average Bonchev–Trinajstić information content (AvgIpc) is 2.87. The largest absolute Gasteiger partial charge is 0.382 e. The molecule has 0 aliphatic heterocycles. The Morgan fingerprint density at radius 3 is 2.95 bits per heavy atom. The number of nitrogens with two attached hydrogens (primary N) is 1. The summed E-state index contributed by atoms with van der Waals surface area (Å²) in [6.45, 7) is 4.76. The summed E-state index contributed by atoms with van der Waals surface area (Å²) in [4.78, 5) is 8.03.